The van der Waals surface area contributed by atoms with Gasteiger partial charge in [-0.15, -0.1) is 11.3 Å². The van der Waals surface area contributed by atoms with E-state index >= 15 is 0 Å². The molecule has 0 spiro atoms. The summed E-state index contributed by atoms with van der Waals surface area (Å²) in [6.45, 7) is 8.47. The third kappa shape index (κ3) is 6.40. The Morgan fingerprint density at radius 3 is 2.45 bits per heavy atom. The fraction of sp³-hybridized carbons (Fsp3) is 0.333. The van der Waals surface area contributed by atoms with Crippen LogP contribution in [0, 0.1) is 13.8 Å². The minimum absolute atomic E-state index is 0.0903. The lowest BCUT2D eigenvalue weighted by Gasteiger charge is -2.20. The highest BCUT2D eigenvalue weighted by atomic mass is 32.2. The standard InChI is InChI=1S/C24H29N3O4S2/c1-5-27(6-2)33(29,30)22-13-19(10-9-18(22)4)25-23(28)14-20-16-32-24(26-20)15-31-21-11-7-17(3)8-12-21/h7-13,16H,5-6,14-15H2,1-4H3,(H,25,28). The van der Waals surface area contributed by atoms with Gasteiger partial charge in [-0.25, -0.2) is 13.4 Å². The number of carbonyl (C=O) groups excluding carboxylic acids is 1. The van der Waals surface area contributed by atoms with Crippen molar-refractivity contribution in [3.05, 3.63) is 69.7 Å². The molecule has 3 rings (SSSR count). The Morgan fingerprint density at radius 2 is 1.79 bits per heavy atom. The number of hydrogen-bond donors (Lipinski definition) is 1. The van der Waals surface area contributed by atoms with E-state index in [9.17, 15) is 13.2 Å². The van der Waals surface area contributed by atoms with Crippen molar-refractivity contribution < 1.29 is 17.9 Å². The minimum atomic E-state index is -3.62. The fourth-order valence-corrected chi connectivity index (χ4v) is 5.72. The van der Waals surface area contributed by atoms with E-state index in [0.717, 1.165) is 16.3 Å². The zero-order valence-corrected chi connectivity index (χ0v) is 20.9. The van der Waals surface area contributed by atoms with Gasteiger partial charge in [-0.05, 0) is 43.7 Å². The molecule has 0 bridgehead atoms. The molecule has 1 N–H and O–H groups in total. The zero-order valence-electron chi connectivity index (χ0n) is 19.3. The lowest BCUT2D eigenvalue weighted by atomic mass is 10.2. The number of anilines is 1. The van der Waals surface area contributed by atoms with Crippen LogP contribution in [0.15, 0.2) is 52.7 Å². The van der Waals surface area contributed by atoms with Crippen LogP contribution in [0.2, 0.25) is 0 Å². The molecule has 0 unspecified atom stereocenters. The van der Waals surface area contributed by atoms with Gasteiger partial charge in [0.1, 0.15) is 17.4 Å². The number of ether oxygens (including phenoxy) is 1. The van der Waals surface area contributed by atoms with E-state index in [2.05, 4.69) is 10.3 Å². The molecular weight excluding hydrogens is 458 g/mol. The van der Waals surface area contributed by atoms with Gasteiger partial charge < -0.3 is 10.1 Å². The molecule has 176 valence electrons. The van der Waals surface area contributed by atoms with E-state index in [1.54, 1.807) is 32.9 Å². The Morgan fingerprint density at radius 1 is 1.09 bits per heavy atom. The molecule has 0 saturated carbocycles. The molecule has 7 nitrogen and oxygen atoms in total. The van der Waals surface area contributed by atoms with Gasteiger partial charge >= 0.3 is 0 Å². The SMILES string of the molecule is CCN(CC)S(=O)(=O)c1cc(NC(=O)Cc2csc(COc3ccc(C)cc3)n2)ccc1C. The Bertz CT molecular complexity index is 1200. The number of nitrogens with zero attached hydrogens (tertiary/aromatic N) is 2. The minimum Gasteiger partial charge on any atom is -0.486 e. The number of carbonyl (C=O) groups is 1. The highest BCUT2D eigenvalue weighted by Crippen LogP contribution is 2.24. The molecule has 2 aromatic carbocycles. The quantitative estimate of drug-likeness (QED) is 0.453. The van der Waals surface area contributed by atoms with Crippen LogP contribution in [0.25, 0.3) is 0 Å². The summed E-state index contributed by atoms with van der Waals surface area (Å²) in [6, 6.07) is 12.7. The van der Waals surface area contributed by atoms with Crippen molar-refractivity contribution in [3.8, 4) is 5.75 Å². The van der Waals surface area contributed by atoms with Crippen molar-refractivity contribution in [2.24, 2.45) is 0 Å². The molecular formula is C24H29N3O4S2. The molecule has 0 atom stereocenters. The van der Waals surface area contributed by atoms with Gasteiger partial charge in [0.25, 0.3) is 0 Å². The summed E-state index contributed by atoms with van der Waals surface area (Å²) in [5.41, 5.74) is 2.88. The first kappa shape index (κ1) is 24.9. The van der Waals surface area contributed by atoms with E-state index in [1.165, 1.54) is 21.7 Å². The first-order valence-corrected chi connectivity index (χ1v) is 13.1. The van der Waals surface area contributed by atoms with Crippen LogP contribution in [-0.4, -0.2) is 36.7 Å². The van der Waals surface area contributed by atoms with Crippen molar-refractivity contribution in [2.45, 2.75) is 45.6 Å². The number of nitrogens with one attached hydrogen (secondary N) is 1. The third-order valence-corrected chi connectivity index (χ3v) is 8.18. The van der Waals surface area contributed by atoms with Crippen molar-refractivity contribution in [1.82, 2.24) is 9.29 Å². The second kappa shape index (κ2) is 10.9. The van der Waals surface area contributed by atoms with Gasteiger partial charge in [-0.1, -0.05) is 37.6 Å². The van der Waals surface area contributed by atoms with Crippen LogP contribution in [-0.2, 0) is 27.8 Å². The molecule has 33 heavy (non-hydrogen) atoms. The summed E-state index contributed by atoms with van der Waals surface area (Å²) >= 11 is 1.44. The van der Waals surface area contributed by atoms with Gasteiger partial charge in [0, 0.05) is 24.2 Å². The smallest absolute Gasteiger partial charge is 0.243 e. The topological polar surface area (TPSA) is 88.6 Å². The molecule has 3 aromatic rings. The number of aromatic nitrogens is 1. The first-order chi connectivity index (χ1) is 15.7. The molecule has 0 saturated heterocycles. The van der Waals surface area contributed by atoms with E-state index in [1.807, 2.05) is 36.6 Å². The number of amides is 1. The summed E-state index contributed by atoms with van der Waals surface area (Å²) in [5.74, 6) is 0.506. The third-order valence-electron chi connectivity index (χ3n) is 5.12. The van der Waals surface area contributed by atoms with Crippen molar-refractivity contribution in [1.29, 1.82) is 0 Å². The van der Waals surface area contributed by atoms with Gasteiger partial charge in [-0.3, -0.25) is 4.79 Å². The highest BCUT2D eigenvalue weighted by molar-refractivity contribution is 7.89. The average molecular weight is 488 g/mol. The number of aryl methyl sites for hydroxylation is 2. The molecule has 1 heterocycles. The number of rotatable bonds is 10. The van der Waals surface area contributed by atoms with Crippen LogP contribution in [0.4, 0.5) is 5.69 Å². The summed E-state index contributed by atoms with van der Waals surface area (Å²) in [6.07, 6.45) is 0.0903. The first-order valence-electron chi connectivity index (χ1n) is 10.8. The van der Waals surface area contributed by atoms with E-state index < -0.39 is 10.0 Å². The number of benzene rings is 2. The molecule has 0 aliphatic heterocycles. The normalized spacial score (nSPS) is 11.5. The summed E-state index contributed by atoms with van der Waals surface area (Å²) in [5, 5.41) is 5.40. The second-order valence-electron chi connectivity index (χ2n) is 7.63. The fourth-order valence-electron chi connectivity index (χ4n) is 3.30. The van der Waals surface area contributed by atoms with Gasteiger partial charge in [0.2, 0.25) is 15.9 Å². The van der Waals surface area contributed by atoms with Crippen LogP contribution >= 0.6 is 11.3 Å². The van der Waals surface area contributed by atoms with E-state index in [4.69, 9.17) is 4.74 Å². The van der Waals surface area contributed by atoms with Crippen LogP contribution < -0.4 is 10.1 Å². The average Bonchev–Trinajstić information content (AvgIpc) is 3.22. The van der Waals surface area contributed by atoms with Crippen LogP contribution in [0.3, 0.4) is 0 Å². The maximum atomic E-state index is 12.9. The summed E-state index contributed by atoms with van der Waals surface area (Å²) in [4.78, 5) is 17.2. The molecule has 9 heteroatoms. The Labute approximate surface area is 199 Å². The van der Waals surface area contributed by atoms with Gasteiger partial charge in [0.15, 0.2) is 0 Å². The summed E-state index contributed by atoms with van der Waals surface area (Å²) < 4.78 is 33.0. The lowest BCUT2D eigenvalue weighted by Crippen LogP contribution is -2.31. The predicted molar refractivity (Wildman–Crippen MR) is 131 cm³/mol. The molecule has 1 aromatic heterocycles. The molecule has 0 aliphatic carbocycles. The van der Waals surface area contributed by atoms with Gasteiger partial charge in [-0.2, -0.15) is 4.31 Å². The highest BCUT2D eigenvalue weighted by Gasteiger charge is 2.24. The summed E-state index contributed by atoms with van der Waals surface area (Å²) in [7, 11) is -3.62. The van der Waals surface area contributed by atoms with Crippen molar-refractivity contribution in [3.63, 3.8) is 0 Å². The maximum absolute atomic E-state index is 12.9. The Kier molecular flexibility index (Phi) is 8.23. The molecule has 1 amide bonds. The zero-order chi connectivity index (χ0) is 24.0. The van der Waals surface area contributed by atoms with E-state index in [0.29, 0.717) is 36.6 Å². The predicted octanol–water partition coefficient (Wildman–Crippen LogP) is 4.55. The molecule has 0 radical (unpaired) electrons. The molecule has 0 aliphatic rings. The van der Waals surface area contributed by atoms with Crippen molar-refractivity contribution >= 4 is 33.0 Å². The second-order valence-corrected chi connectivity index (χ2v) is 10.5. The largest absolute Gasteiger partial charge is 0.486 e. The molecule has 0 fully saturated rings. The Hall–Kier alpha value is -2.75. The van der Waals surface area contributed by atoms with E-state index in [-0.39, 0.29) is 17.2 Å². The monoisotopic (exact) mass is 487 g/mol. The maximum Gasteiger partial charge on any atom is 0.243 e. The lowest BCUT2D eigenvalue weighted by molar-refractivity contribution is -0.115. The number of hydrogen-bond acceptors (Lipinski definition) is 6. The Balaban J connectivity index is 1.62. The van der Waals surface area contributed by atoms with Crippen LogP contribution in [0.1, 0.15) is 35.7 Å². The van der Waals surface area contributed by atoms with Crippen LogP contribution in [0.5, 0.6) is 5.75 Å². The number of thiazole rings is 1. The van der Waals surface area contributed by atoms with Gasteiger partial charge in [0.05, 0.1) is 17.0 Å². The van der Waals surface area contributed by atoms with Crippen molar-refractivity contribution in [2.75, 3.05) is 18.4 Å². The number of sulfonamides is 1.